The summed E-state index contributed by atoms with van der Waals surface area (Å²) in [5.74, 6) is 2.58. The van der Waals surface area contributed by atoms with Crippen molar-refractivity contribution in [2.24, 2.45) is 11.8 Å². The highest BCUT2D eigenvalue weighted by Gasteiger charge is 2.28. The molecule has 23 heavy (non-hydrogen) atoms. The maximum Gasteiger partial charge on any atom is 0.387 e. The molecule has 0 saturated heterocycles. The average molecular weight is 320 g/mol. The Labute approximate surface area is 137 Å². The molecular formula is C20H26F2O. The van der Waals surface area contributed by atoms with Gasteiger partial charge in [-0.3, -0.25) is 0 Å². The van der Waals surface area contributed by atoms with Gasteiger partial charge in [0.15, 0.2) is 0 Å². The lowest BCUT2D eigenvalue weighted by atomic mass is 9.70. The minimum absolute atomic E-state index is 0.252. The zero-order valence-electron chi connectivity index (χ0n) is 13.8. The molecule has 3 rings (SSSR count). The predicted octanol–water partition coefficient (Wildman–Crippen LogP) is 6.31. The summed E-state index contributed by atoms with van der Waals surface area (Å²) >= 11 is 0. The second-order valence-corrected chi connectivity index (χ2v) is 7.14. The normalized spacial score (nSPS) is 28.5. The van der Waals surface area contributed by atoms with Gasteiger partial charge in [0.1, 0.15) is 5.75 Å². The fraction of sp³-hybridized carbons (Fsp3) is 0.600. The third-order valence-corrected chi connectivity index (χ3v) is 5.69. The monoisotopic (exact) mass is 320 g/mol. The van der Waals surface area contributed by atoms with Gasteiger partial charge in [-0.05, 0) is 87.3 Å². The number of hydrogen-bond donors (Lipinski definition) is 0. The van der Waals surface area contributed by atoms with Gasteiger partial charge in [-0.25, -0.2) is 0 Å². The van der Waals surface area contributed by atoms with E-state index in [1.54, 1.807) is 17.7 Å². The first-order valence-electron chi connectivity index (χ1n) is 8.82. The Morgan fingerprint density at radius 3 is 2.22 bits per heavy atom. The highest BCUT2D eigenvalue weighted by Crippen LogP contribution is 2.42. The molecule has 0 N–H and O–H groups in total. The van der Waals surface area contributed by atoms with Crippen molar-refractivity contribution in [1.29, 1.82) is 0 Å². The lowest BCUT2D eigenvalue weighted by Gasteiger charge is -2.35. The van der Waals surface area contributed by atoms with Gasteiger partial charge in [-0.15, -0.1) is 0 Å². The number of alkyl halides is 2. The summed E-state index contributed by atoms with van der Waals surface area (Å²) in [4.78, 5) is 0. The van der Waals surface area contributed by atoms with E-state index in [1.807, 2.05) is 12.1 Å². The van der Waals surface area contributed by atoms with Crippen molar-refractivity contribution in [3.05, 3.63) is 41.5 Å². The molecule has 1 fully saturated rings. The van der Waals surface area contributed by atoms with E-state index in [0.29, 0.717) is 5.92 Å². The van der Waals surface area contributed by atoms with E-state index in [-0.39, 0.29) is 5.75 Å². The molecule has 0 bridgehead atoms. The molecule has 1 aromatic carbocycles. The third kappa shape index (κ3) is 4.33. The zero-order chi connectivity index (χ0) is 16.2. The van der Waals surface area contributed by atoms with Crippen molar-refractivity contribution in [3.8, 4) is 5.75 Å². The molecule has 1 nitrogen and oxygen atoms in total. The molecule has 1 atom stereocenters. The van der Waals surface area contributed by atoms with Crippen LogP contribution in [0.2, 0.25) is 0 Å². The molecule has 0 aromatic heterocycles. The fourth-order valence-corrected chi connectivity index (χ4v) is 4.26. The van der Waals surface area contributed by atoms with Crippen molar-refractivity contribution in [1.82, 2.24) is 0 Å². The largest absolute Gasteiger partial charge is 0.435 e. The SMILES string of the molecule is CC1=CCC([C@H]2CC[C@H](c3ccc(OC(F)F)cc3)CC2)CC1. The molecule has 0 radical (unpaired) electrons. The first kappa shape index (κ1) is 16.5. The second kappa shape index (κ2) is 7.46. The predicted molar refractivity (Wildman–Crippen MR) is 88.9 cm³/mol. The van der Waals surface area contributed by atoms with Gasteiger partial charge in [-0.1, -0.05) is 23.8 Å². The van der Waals surface area contributed by atoms with Gasteiger partial charge < -0.3 is 4.74 Å². The van der Waals surface area contributed by atoms with Crippen LogP contribution in [0.15, 0.2) is 35.9 Å². The molecule has 3 heteroatoms. The summed E-state index contributed by atoms with van der Waals surface area (Å²) in [7, 11) is 0. The lowest BCUT2D eigenvalue weighted by molar-refractivity contribution is -0.0498. The summed E-state index contributed by atoms with van der Waals surface area (Å²) in [5, 5.41) is 0. The highest BCUT2D eigenvalue weighted by molar-refractivity contribution is 5.29. The molecule has 1 saturated carbocycles. The Morgan fingerprint density at radius 2 is 1.65 bits per heavy atom. The molecule has 2 aliphatic rings. The van der Waals surface area contributed by atoms with E-state index in [2.05, 4.69) is 17.7 Å². The van der Waals surface area contributed by atoms with Gasteiger partial charge in [0.05, 0.1) is 0 Å². The van der Waals surface area contributed by atoms with Crippen LogP contribution >= 0.6 is 0 Å². The van der Waals surface area contributed by atoms with Crippen LogP contribution in [0.1, 0.15) is 63.4 Å². The van der Waals surface area contributed by atoms with Crippen molar-refractivity contribution in [3.63, 3.8) is 0 Å². The first-order valence-corrected chi connectivity index (χ1v) is 8.82. The number of rotatable bonds is 4. The summed E-state index contributed by atoms with van der Waals surface area (Å²) in [5.41, 5.74) is 2.82. The van der Waals surface area contributed by atoms with E-state index < -0.39 is 6.61 Å². The van der Waals surface area contributed by atoms with Crippen LogP contribution in [0.5, 0.6) is 5.75 Å². The van der Waals surface area contributed by atoms with Crippen LogP contribution in [0, 0.1) is 11.8 Å². The minimum Gasteiger partial charge on any atom is -0.435 e. The van der Waals surface area contributed by atoms with Crippen molar-refractivity contribution in [2.75, 3.05) is 0 Å². The van der Waals surface area contributed by atoms with E-state index >= 15 is 0 Å². The number of allylic oxidation sites excluding steroid dienone is 2. The summed E-state index contributed by atoms with van der Waals surface area (Å²) < 4.78 is 28.8. The first-order chi connectivity index (χ1) is 11.1. The number of ether oxygens (including phenoxy) is 1. The standard InChI is InChI=1S/C20H26F2O/c1-14-2-4-15(5-3-14)16-6-8-17(9-7-16)18-10-12-19(13-11-18)23-20(21)22/h2,10-13,15-17,20H,3-9H2,1H3/t15?,16-,17-. The van der Waals surface area contributed by atoms with Crippen LogP contribution in [-0.2, 0) is 0 Å². The minimum atomic E-state index is -2.75. The number of halogens is 2. The summed E-state index contributed by atoms with van der Waals surface area (Å²) in [6, 6.07) is 7.25. The number of benzene rings is 1. The number of hydrogen-bond acceptors (Lipinski definition) is 1. The fourth-order valence-electron chi connectivity index (χ4n) is 4.26. The lowest BCUT2D eigenvalue weighted by Crippen LogP contribution is -2.22. The van der Waals surface area contributed by atoms with Gasteiger partial charge in [-0.2, -0.15) is 8.78 Å². The Kier molecular flexibility index (Phi) is 5.34. The summed E-state index contributed by atoms with van der Waals surface area (Å²) in [6.45, 7) is -0.501. The van der Waals surface area contributed by atoms with Crippen LogP contribution in [0.25, 0.3) is 0 Å². The molecule has 0 amide bonds. The van der Waals surface area contributed by atoms with Gasteiger partial charge in [0, 0.05) is 0 Å². The van der Waals surface area contributed by atoms with Crippen LogP contribution in [0.4, 0.5) is 8.78 Å². The van der Waals surface area contributed by atoms with Crippen LogP contribution in [0.3, 0.4) is 0 Å². The maximum absolute atomic E-state index is 12.2. The van der Waals surface area contributed by atoms with Crippen LogP contribution < -0.4 is 4.74 Å². The highest BCUT2D eigenvalue weighted by atomic mass is 19.3. The van der Waals surface area contributed by atoms with E-state index in [9.17, 15) is 8.78 Å². The smallest absolute Gasteiger partial charge is 0.387 e. The van der Waals surface area contributed by atoms with Crippen molar-refractivity contribution >= 4 is 0 Å². The third-order valence-electron chi connectivity index (χ3n) is 5.69. The molecule has 0 heterocycles. The Morgan fingerprint density at radius 1 is 0.957 bits per heavy atom. The Balaban J connectivity index is 1.52. The molecule has 0 aliphatic heterocycles. The second-order valence-electron chi connectivity index (χ2n) is 7.14. The molecular weight excluding hydrogens is 294 g/mol. The maximum atomic E-state index is 12.2. The van der Waals surface area contributed by atoms with Crippen molar-refractivity contribution in [2.45, 2.75) is 64.4 Å². The average Bonchev–Trinajstić information content (AvgIpc) is 2.56. The van der Waals surface area contributed by atoms with E-state index in [0.717, 1.165) is 11.8 Å². The molecule has 126 valence electrons. The summed E-state index contributed by atoms with van der Waals surface area (Å²) in [6.07, 6.45) is 11.4. The zero-order valence-corrected chi connectivity index (χ0v) is 13.8. The van der Waals surface area contributed by atoms with Gasteiger partial charge in [0.25, 0.3) is 0 Å². The Hall–Kier alpha value is -1.38. The van der Waals surface area contributed by atoms with Crippen LogP contribution in [-0.4, -0.2) is 6.61 Å². The molecule has 2 aliphatic carbocycles. The van der Waals surface area contributed by atoms with E-state index in [4.69, 9.17) is 0 Å². The van der Waals surface area contributed by atoms with Crippen molar-refractivity contribution < 1.29 is 13.5 Å². The van der Waals surface area contributed by atoms with Gasteiger partial charge >= 0.3 is 6.61 Å². The molecule has 1 aromatic rings. The van der Waals surface area contributed by atoms with Gasteiger partial charge in [0.2, 0.25) is 0 Å². The topological polar surface area (TPSA) is 9.23 Å². The Bertz CT molecular complexity index is 527. The molecule has 0 spiro atoms. The molecule has 1 unspecified atom stereocenters. The van der Waals surface area contributed by atoms with E-state index in [1.165, 1.54) is 50.5 Å². The quantitative estimate of drug-likeness (QED) is 0.591.